The van der Waals surface area contributed by atoms with E-state index in [4.69, 9.17) is 0 Å². The van der Waals surface area contributed by atoms with Crippen molar-refractivity contribution in [3.63, 3.8) is 0 Å². The third-order valence-corrected chi connectivity index (χ3v) is 10.0. The van der Waals surface area contributed by atoms with Crippen molar-refractivity contribution in [1.29, 1.82) is 0 Å². The number of para-hydroxylation sites is 1. The van der Waals surface area contributed by atoms with Gasteiger partial charge < -0.3 is 24.4 Å². The number of carbonyl (C=O) groups excluding carboxylic acids is 4. The maximum Gasteiger partial charge on any atom is 0.246 e. The van der Waals surface area contributed by atoms with Gasteiger partial charge in [0, 0.05) is 56.5 Å². The minimum Gasteiger partial charge on any atom is -0.508 e. The summed E-state index contributed by atoms with van der Waals surface area (Å²) < 4.78 is 1.95. The van der Waals surface area contributed by atoms with Gasteiger partial charge in [-0.15, -0.1) is 6.58 Å². The Kier molecular flexibility index (Phi) is 11.2. The summed E-state index contributed by atoms with van der Waals surface area (Å²) in [7, 11) is 5.89. The summed E-state index contributed by atoms with van der Waals surface area (Å²) >= 11 is 0. The van der Waals surface area contributed by atoms with Gasteiger partial charge in [0.1, 0.15) is 18.0 Å². The molecule has 2 atom stereocenters. The van der Waals surface area contributed by atoms with Gasteiger partial charge in [-0.3, -0.25) is 19.2 Å². The van der Waals surface area contributed by atoms with E-state index in [1.807, 2.05) is 80.4 Å². The molecule has 3 heterocycles. The van der Waals surface area contributed by atoms with Gasteiger partial charge in [-0.2, -0.15) is 0 Å². The predicted molar refractivity (Wildman–Crippen MR) is 200 cm³/mol. The van der Waals surface area contributed by atoms with Crippen LogP contribution in [0.15, 0.2) is 91.6 Å². The zero-order chi connectivity index (χ0) is 36.9. The van der Waals surface area contributed by atoms with Crippen molar-refractivity contribution in [1.82, 2.24) is 29.3 Å². The smallest absolute Gasteiger partial charge is 0.246 e. The highest BCUT2D eigenvalue weighted by molar-refractivity contribution is 6.08. The fourth-order valence-corrected chi connectivity index (χ4v) is 7.57. The lowest BCUT2D eigenvalue weighted by Crippen LogP contribution is -2.75. The van der Waals surface area contributed by atoms with Crippen LogP contribution >= 0.6 is 0 Å². The largest absolute Gasteiger partial charge is 0.508 e. The molecule has 3 aromatic carbocycles. The first-order valence-electron chi connectivity index (χ1n) is 17.9. The highest BCUT2D eigenvalue weighted by Gasteiger charge is 2.51. The van der Waals surface area contributed by atoms with Crippen molar-refractivity contribution in [2.75, 3.05) is 40.3 Å². The van der Waals surface area contributed by atoms with Crippen LogP contribution in [-0.2, 0) is 40.8 Å². The fraction of sp³-hybridized carbons (Fsp3) is 0.366. The molecule has 11 heteroatoms. The average molecular weight is 705 g/mol. The van der Waals surface area contributed by atoms with Crippen molar-refractivity contribution in [3.8, 4) is 5.75 Å². The molecule has 1 aromatic heterocycles. The van der Waals surface area contributed by atoms with E-state index in [0.29, 0.717) is 18.4 Å². The molecule has 0 radical (unpaired) electrons. The number of piperazine rings is 1. The molecular formula is C41H48N6O5. The van der Waals surface area contributed by atoms with Gasteiger partial charge >= 0.3 is 0 Å². The molecule has 2 saturated heterocycles. The van der Waals surface area contributed by atoms with Gasteiger partial charge in [-0.05, 0) is 62.3 Å². The average Bonchev–Trinajstić information content (AvgIpc) is 3.47. The molecule has 272 valence electrons. The number of hydrogen-bond donors (Lipinski definition) is 1. The lowest BCUT2D eigenvalue weighted by atomic mass is 9.97. The number of hydrogen-bond acceptors (Lipinski definition) is 7. The Bertz CT molecular complexity index is 1940. The molecule has 52 heavy (non-hydrogen) atoms. The second kappa shape index (κ2) is 16.0. The number of nitrogens with zero attached hydrogens (tertiary/aromatic N) is 6. The van der Waals surface area contributed by atoms with E-state index in [2.05, 4.69) is 11.5 Å². The van der Waals surface area contributed by atoms with E-state index >= 15 is 0 Å². The Morgan fingerprint density at radius 3 is 2.42 bits per heavy atom. The predicted octanol–water partition coefficient (Wildman–Crippen LogP) is 4.39. The molecule has 0 bridgehead atoms. The summed E-state index contributed by atoms with van der Waals surface area (Å²) in [5.74, 6) is -0.423. The molecule has 0 unspecified atom stereocenters. The monoisotopic (exact) mass is 704 g/mol. The molecule has 6 rings (SSSR count). The number of phenolic OH excluding ortho intramolecular Hbond substituents is 1. The minimum absolute atomic E-state index is 0.0625. The number of aromatic nitrogens is 1. The summed E-state index contributed by atoms with van der Waals surface area (Å²) in [5, 5.41) is 14.2. The Labute approximate surface area is 305 Å². The van der Waals surface area contributed by atoms with E-state index in [1.54, 1.807) is 50.2 Å². The highest BCUT2D eigenvalue weighted by atomic mass is 16.3. The van der Waals surface area contributed by atoms with Crippen molar-refractivity contribution in [3.05, 3.63) is 114 Å². The summed E-state index contributed by atoms with van der Waals surface area (Å²) in [6.45, 7) is 5.27. The molecule has 11 nitrogen and oxygen atoms in total. The van der Waals surface area contributed by atoms with E-state index in [9.17, 15) is 24.3 Å². The lowest BCUT2D eigenvalue weighted by Gasteiger charge is -2.55. The van der Waals surface area contributed by atoms with Crippen LogP contribution in [0.4, 0.5) is 0 Å². The zero-order valence-electron chi connectivity index (χ0n) is 30.3. The Morgan fingerprint density at radius 2 is 1.71 bits per heavy atom. The molecule has 0 aliphatic carbocycles. The summed E-state index contributed by atoms with van der Waals surface area (Å²) in [4.78, 5) is 61.6. The number of hydrazine groups is 1. The normalized spacial score (nSPS) is 18.0. The SMILES string of the molecule is C=CCN1CC(=O)N2[C@@H](Cc3ccc(O)cc3)C(=O)N(Cc3cccc4c(C(=O)CCCN(C)C)cn(C)c34)C[C@@H]2N1C(=O)CCc1ccccc1. The van der Waals surface area contributed by atoms with E-state index in [0.717, 1.165) is 40.6 Å². The van der Waals surface area contributed by atoms with Gasteiger partial charge in [0.05, 0.1) is 18.6 Å². The van der Waals surface area contributed by atoms with Crippen LogP contribution in [0, 0.1) is 0 Å². The fourth-order valence-electron chi connectivity index (χ4n) is 7.57. The number of aryl methyl sites for hydroxylation is 2. The Hall–Kier alpha value is -5.26. The lowest BCUT2D eigenvalue weighted by molar-refractivity contribution is -0.205. The van der Waals surface area contributed by atoms with Gasteiger partial charge in [-0.25, -0.2) is 10.0 Å². The number of amides is 3. The van der Waals surface area contributed by atoms with Crippen LogP contribution in [0.5, 0.6) is 5.75 Å². The van der Waals surface area contributed by atoms with Gasteiger partial charge in [0.2, 0.25) is 17.7 Å². The summed E-state index contributed by atoms with van der Waals surface area (Å²) in [6.07, 6.45) is 4.97. The third-order valence-electron chi connectivity index (χ3n) is 10.0. The van der Waals surface area contributed by atoms with Crippen molar-refractivity contribution >= 4 is 34.4 Å². The maximum absolute atomic E-state index is 14.6. The minimum atomic E-state index is -0.882. The molecule has 0 spiro atoms. The molecule has 2 aliphatic rings. The van der Waals surface area contributed by atoms with Crippen LogP contribution in [-0.4, -0.2) is 110 Å². The molecule has 0 saturated carbocycles. The second-order valence-electron chi connectivity index (χ2n) is 14.0. The van der Waals surface area contributed by atoms with Crippen molar-refractivity contribution in [2.45, 2.75) is 50.9 Å². The Morgan fingerprint density at radius 1 is 0.962 bits per heavy atom. The molecule has 2 fully saturated rings. The van der Waals surface area contributed by atoms with E-state index in [-0.39, 0.29) is 68.3 Å². The standard InChI is InChI=1S/C41H48N6O5/c1-5-22-45-28-39(51)46-35(24-30-16-19-32(48)20-17-30)41(52)44(27-37(46)47(45)38(50)21-18-29-11-7-6-8-12-29)25-31-13-9-14-33-34(26-43(4)40(31)33)36(49)15-10-23-42(2)3/h5-9,11-14,16-17,19-20,26,35,37,48H,1,10,15,18,21-25,27-28H2,2-4H3/t35-,37-/m0/s1. The summed E-state index contributed by atoms with van der Waals surface area (Å²) in [6, 6.07) is 21.4. The highest BCUT2D eigenvalue weighted by Crippen LogP contribution is 2.32. The first-order valence-corrected chi connectivity index (χ1v) is 17.9. The quantitative estimate of drug-likeness (QED) is 0.153. The molecule has 4 aromatic rings. The van der Waals surface area contributed by atoms with Crippen LogP contribution in [0.25, 0.3) is 10.9 Å². The topological polar surface area (TPSA) is 110 Å². The Balaban J connectivity index is 1.35. The second-order valence-corrected chi connectivity index (χ2v) is 14.0. The zero-order valence-corrected chi connectivity index (χ0v) is 30.3. The third kappa shape index (κ3) is 7.80. The first kappa shape index (κ1) is 36.5. The van der Waals surface area contributed by atoms with Gasteiger partial charge in [0.15, 0.2) is 5.78 Å². The number of phenols is 1. The number of carbonyl (C=O) groups is 4. The number of aromatic hydroxyl groups is 1. The number of benzene rings is 3. The molecule has 2 aliphatic heterocycles. The van der Waals surface area contributed by atoms with Crippen LogP contribution < -0.4 is 0 Å². The number of rotatable bonds is 14. The van der Waals surface area contributed by atoms with E-state index < -0.39 is 12.2 Å². The van der Waals surface area contributed by atoms with E-state index in [1.165, 1.54) is 0 Å². The van der Waals surface area contributed by atoms with Crippen molar-refractivity contribution in [2.24, 2.45) is 7.05 Å². The number of fused-ring (bicyclic) bond motifs is 2. The van der Waals surface area contributed by atoms with Crippen LogP contribution in [0.1, 0.15) is 46.3 Å². The molecule has 1 N–H and O–H groups in total. The number of Topliss-reactive ketones (excluding diaryl/α,β-unsaturated/α-hetero) is 1. The van der Waals surface area contributed by atoms with Crippen LogP contribution in [0.2, 0.25) is 0 Å². The molecular weight excluding hydrogens is 656 g/mol. The first-order chi connectivity index (χ1) is 25.0. The van der Waals surface area contributed by atoms with Gasteiger partial charge in [-0.1, -0.05) is 66.7 Å². The van der Waals surface area contributed by atoms with Crippen LogP contribution in [0.3, 0.4) is 0 Å². The van der Waals surface area contributed by atoms with Crippen molar-refractivity contribution < 1.29 is 24.3 Å². The van der Waals surface area contributed by atoms with Gasteiger partial charge in [0.25, 0.3) is 0 Å². The maximum atomic E-state index is 14.6. The summed E-state index contributed by atoms with van der Waals surface area (Å²) in [5.41, 5.74) is 4.21. The molecule has 3 amide bonds. The number of ketones is 1.